The summed E-state index contributed by atoms with van der Waals surface area (Å²) in [5, 5.41) is 10.7. The summed E-state index contributed by atoms with van der Waals surface area (Å²) in [6, 6.07) is 12.7. The van der Waals surface area contributed by atoms with Gasteiger partial charge in [-0.1, -0.05) is 25.5 Å². The minimum Gasteiger partial charge on any atom is -0.318 e. The number of aryl methyl sites for hydroxylation is 1. The van der Waals surface area contributed by atoms with E-state index in [2.05, 4.69) is 22.8 Å². The summed E-state index contributed by atoms with van der Waals surface area (Å²) in [5.41, 5.74) is 6.48. The van der Waals surface area contributed by atoms with Gasteiger partial charge in [-0.2, -0.15) is 0 Å². The Morgan fingerprint density at radius 1 is 1.10 bits per heavy atom. The SMILES string of the molecule is CCCCc1nc2ccccc2n1CC(=O)NNC(=O)c1ccc([N+](=O)[O-])cc1. The summed E-state index contributed by atoms with van der Waals surface area (Å²) in [6.45, 7) is 2.10. The topological polar surface area (TPSA) is 119 Å². The fourth-order valence-corrected chi connectivity index (χ4v) is 2.94. The van der Waals surface area contributed by atoms with Crippen LogP contribution < -0.4 is 10.9 Å². The molecular formula is C20H21N5O4. The van der Waals surface area contributed by atoms with Crippen LogP contribution in [0, 0.1) is 10.1 Å². The molecule has 150 valence electrons. The number of rotatable bonds is 7. The van der Waals surface area contributed by atoms with Crippen LogP contribution in [0.2, 0.25) is 0 Å². The normalized spacial score (nSPS) is 10.7. The molecule has 0 aliphatic carbocycles. The number of imidazole rings is 1. The molecular weight excluding hydrogens is 374 g/mol. The minimum absolute atomic E-state index is 0.0140. The Bertz CT molecular complexity index is 1040. The molecule has 3 aromatic rings. The van der Waals surface area contributed by atoms with E-state index in [0.29, 0.717) is 0 Å². The van der Waals surface area contributed by atoms with Crippen molar-refractivity contribution < 1.29 is 14.5 Å². The summed E-state index contributed by atoms with van der Waals surface area (Å²) in [4.78, 5) is 39.3. The molecule has 0 bridgehead atoms. The molecule has 2 amide bonds. The fourth-order valence-electron chi connectivity index (χ4n) is 2.94. The molecule has 29 heavy (non-hydrogen) atoms. The molecule has 0 unspecified atom stereocenters. The number of benzene rings is 2. The molecule has 1 aromatic heterocycles. The predicted molar refractivity (Wildman–Crippen MR) is 107 cm³/mol. The van der Waals surface area contributed by atoms with Crippen LogP contribution in [0.15, 0.2) is 48.5 Å². The summed E-state index contributed by atoms with van der Waals surface area (Å²) < 4.78 is 1.85. The largest absolute Gasteiger partial charge is 0.318 e. The number of hydrogen-bond acceptors (Lipinski definition) is 5. The minimum atomic E-state index is -0.560. The van der Waals surface area contributed by atoms with Crippen LogP contribution in [0.25, 0.3) is 11.0 Å². The Labute approximate surface area is 166 Å². The lowest BCUT2D eigenvalue weighted by Crippen LogP contribution is -2.43. The molecule has 2 N–H and O–H groups in total. The van der Waals surface area contributed by atoms with Gasteiger partial charge in [-0.05, 0) is 30.7 Å². The van der Waals surface area contributed by atoms with Crippen LogP contribution in [0.4, 0.5) is 5.69 Å². The highest BCUT2D eigenvalue weighted by Crippen LogP contribution is 2.17. The first kappa shape index (κ1) is 20.0. The summed E-state index contributed by atoms with van der Waals surface area (Å²) in [5.74, 6) is -0.138. The fraction of sp³-hybridized carbons (Fsp3) is 0.250. The zero-order chi connectivity index (χ0) is 20.8. The van der Waals surface area contributed by atoms with Crippen molar-refractivity contribution in [1.82, 2.24) is 20.4 Å². The van der Waals surface area contributed by atoms with Crippen molar-refractivity contribution in [1.29, 1.82) is 0 Å². The van der Waals surface area contributed by atoms with Crippen molar-refractivity contribution in [2.75, 3.05) is 0 Å². The highest BCUT2D eigenvalue weighted by Gasteiger charge is 2.14. The van der Waals surface area contributed by atoms with Gasteiger partial charge in [0.2, 0.25) is 0 Å². The molecule has 0 saturated heterocycles. The standard InChI is InChI=1S/C20H21N5O4/c1-2-3-8-18-21-16-6-4-5-7-17(16)24(18)13-19(26)22-23-20(27)14-9-11-15(12-10-14)25(28)29/h4-7,9-12H,2-3,8,13H2,1H3,(H,22,26)(H,23,27). The molecule has 2 aromatic carbocycles. The molecule has 0 fully saturated rings. The van der Waals surface area contributed by atoms with Crippen molar-refractivity contribution in [3.8, 4) is 0 Å². The van der Waals surface area contributed by atoms with Crippen molar-refractivity contribution in [3.05, 3.63) is 70.0 Å². The van der Waals surface area contributed by atoms with E-state index in [1.807, 2.05) is 28.8 Å². The first-order valence-corrected chi connectivity index (χ1v) is 9.27. The number of carbonyl (C=O) groups excluding carboxylic acids is 2. The maximum Gasteiger partial charge on any atom is 0.269 e. The third-order valence-electron chi connectivity index (χ3n) is 4.45. The van der Waals surface area contributed by atoms with Crippen molar-refractivity contribution in [2.45, 2.75) is 32.7 Å². The van der Waals surface area contributed by atoms with Gasteiger partial charge >= 0.3 is 0 Å². The molecule has 0 atom stereocenters. The van der Waals surface area contributed by atoms with E-state index in [4.69, 9.17) is 0 Å². The van der Waals surface area contributed by atoms with E-state index in [1.54, 1.807) is 0 Å². The van der Waals surface area contributed by atoms with Crippen LogP contribution in [-0.4, -0.2) is 26.3 Å². The molecule has 9 heteroatoms. The van der Waals surface area contributed by atoms with E-state index in [1.165, 1.54) is 24.3 Å². The molecule has 0 saturated carbocycles. The van der Waals surface area contributed by atoms with Gasteiger partial charge in [-0.25, -0.2) is 4.98 Å². The van der Waals surface area contributed by atoms with Crippen LogP contribution in [-0.2, 0) is 17.8 Å². The second-order valence-corrected chi connectivity index (χ2v) is 6.51. The van der Waals surface area contributed by atoms with Crippen molar-refractivity contribution >= 4 is 28.5 Å². The Hall–Kier alpha value is -3.75. The van der Waals surface area contributed by atoms with Crippen LogP contribution >= 0.6 is 0 Å². The van der Waals surface area contributed by atoms with Crippen LogP contribution in [0.5, 0.6) is 0 Å². The quantitative estimate of drug-likeness (QED) is 0.471. The Morgan fingerprint density at radius 2 is 1.83 bits per heavy atom. The smallest absolute Gasteiger partial charge is 0.269 e. The zero-order valence-electron chi connectivity index (χ0n) is 15.9. The monoisotopic (exact) mass is 395 g/mol. The summed E-state index contributed by atoms with van der Waals surface area (Å²) in [6.07, 6.45) is 2.73. The lowest BCUT2D eigenvalue weighted by atomic mass is 10.2. The van der Waals surface area contributed by atoms with E-state index < -0.39 is 16.7 Å². The van der Waals surface area contributed by atoms with Gasteiger partial charge in [0.15, 0.2) is 0 Å². The number of fused-ring (bicyclic) bond motifs is 1. The number of non-ortho nitro benzene ring substituents is 1. The number of nitro groups is 1. The summed E-state index contributed by atoms with van der Waals surface area (Å²) >= 11 is 0. The third kappa shape index (κ3) is 4.75. The number of aromatic nitrogens is 2. The number of hydrazine groups is 1. The number of hydrogen-bond donors (Lipinski definition) is 2. The van der Waals surface area contributed by atoms with Gasteiger partial charge in [0.25, 0.3) is 17.5 Å². The number of nitrogens with zero attached hydrogens (tertiary/aromatic N) is 3. The molecule has 0 aliphatic heterocycles. The van der Waals surface area contributed by atoms with Gasteiger partial charge in [-0.3, -0.25) is 30.6 Å². The summed E-state index contributed by atoms with van der Waals surface area (Å²) in [7, 11) is 0. The van der Waals surface area contributed by atoms with Gasteiger partial charge in [0, 0.05) is 24.1 Å². The third-order valence-corrected chi connectivity index (χ3v) is 4.45. The maximum atomic E-state index is 12.4. The highest BCUT2D eigenvalue weighted by atomic mass is 16.6. The average Bonchev–Trinajstić information content (AvgIpc) is 3.07. The van der Waals surface area contributed by atoms with Gasteiger partial charge in [-0.15, -0.1) is 0 Å². The lowest BCUT2D eigenvalue weighted by molar-refractivity contribution is -0.384. The Balaban J connectivity index is 1.66. The predicted octanol–water partition coefficient (Wildman–Crippen LogP) is 2.75. The second-order valence-electron chi connectivity index (χ2n) is 6.51. The maximum absolute atomic E-state index is 12.4. The number of unbranched alkanes of at least 4 members (excludes halogenated alkanes) is 1. The zero-order valence-corrected chi connectivity index (χ0v) is 15.9. The first-order valence-electron chi connectivity index (χ1n) is 9.27. The molecule has 0 radical (unpaired) electrons. The second kappa shape index (κ2) is 8.96. The number of nitrogens with one attached hydrogen (secondary N) is 2. The number of nitro benzene ring substituents is 1. The van der Waals surface area contributed by atoms with Gasteiger partial charge in [0.05, 0.1) is 16.0 Å². The number of carbonyl (C=O) groups is 2. The van der Waals surface area contributed by atoms with Crippen LogP contribution in [0.3, 0.4) is 0 Å². The van der Waals surface area contributed by atoms with Crippen molar-refractivity contribution in [2.24, 2.45) is 0 Å². The Kier molecular flexibility index (Phi) is 6.18. The number of amides is 2. The molecule has 1 heterocycles. The number of para-hydroxylation sites is 2. The first-order chi connectivity index (χ1) is 14.0. The highest BCUT2D eigenvalue weighted by molar-refractivity contribution is 5.95. The molecule has 3 rings (SSSR count). The average molecular weight is 395 g/mol. The Morgan fingerprint density at radius 3 is 2.52 bits per heavy atom. The lowest BCUT2D eigenvalue weighted by Gasteiger charge is -2.11. The van der Waals surface area contributed by atoms with E-state index in [0.717, 1.165) is 36.1 Å². The van der Waals surface area contributed by atoms with Crippen molar-refractivity contribution in [3.63, 3.8) is 0 Å². The van der Waals surface area contributed by atoms with Crippen LogP contribution in [0.1, 0.15) is 35.9 Å². The van der Waals surface area contributed by atoms with E-state index in [9.17, 15) is 19.7 Å². The van der Waals surface area contributed by atoms with Gasteiger partial charge in [0.1, 0.15) is 12.4 Å². The molecule has 0 aliphatic rings. The molecule has 0 spiro atoms. The van der Waals surface area contributed by atoms with E-state index in [-0.39, 0.29) is 17.8 Å². The van der Waals surface area contributed by atoms with Gasteiger partial charge < -0.3 is 4.57 Å². The molecule has 9 nitrogen and oxygen atoms in total. The van der Waals surface area contributed by atoms with E-state index >= 15 is 0 Å².